The first-order chi connectivity index (χ1) is 9.65. The highest BCUT2D eigenvalue weighted by molar-refractivity contribution is 5.51. The highest BCUT2D eigenvalue weighted by Crippen LogP contribution is 2.35. The molecule has 0 atom stereocenters. The Hall–Kier alpha value is -2.37. The minimum atomic E-state index is -1.23. The molecule has 104 valence electrons. The Morgan fingerprint density at radius 2 is 1.95 bits per heavy atom. The molecule has 1 aliphatic rings. The van der Waals surface area contributed by atoms with Crippen molar-refractivity contribution in [1.29, 1.82) is 0 Å². The summed E-state index contributed by atoms with van der Waals surface area (Å²) in [7, 11) is 0. The summed E-state index contributed by atoms with van der Waals surface area (Å²) in [6, 6.07) is 6.66. The second kappa shape index (κ2) is 4.96. The Bertz CT molecular complexity index is 661. The molecule has 0 aromatic heterocycles. The first-order valence-electron chi connectivity index (χ1n) is 5.91. The van der Waals surface area contributed by atoms with Gasteiger partial charge < -0.3 is 14.8 Å². The van der Waals surface area contributed by atoms with E-state index in [-0.39, 0.29) is 19.0 Å². The van der Waals surface area contributed by atoms with Crippen LogP contribution >= 0.6 is 0 Å². The maximum atomic E-state index is 13.5. The van der Waals surface area contributed by atoms with Crippen molar-refractivity contribution in [2.24, 2.45) is 0 Å². The lowest BCUT2D eigenvalue weighted by Gasteiger charge is -2.10. The standard InChI is InChI=1S/C14H10F3NO2/c15-9-4-10(16)13(17)11(5-9)18-6-8-2-1-3-12-14(8)20-7-19-12/h1-5,18H,6-7H2. The van der Waals surface area contributed by atoms with Crippen molar-refractivity contribution in [1.82, 2.24) is 0 Å². The van der Waals surface area contributed by atoms with Crippen molar-refractivity contribution < 1.29 is 22.6 Å². The molecule has 0 aliphatic carbocycles. The maximum Gasteiger partial charge on any atom is 0.231 e. The van der Waals surface area contributed by atoms with E-state index < -0.39 is 17.5 Å². The van der Waals surface area contributed by atoms with Gasteiger partial charge in [0.25, 0.3) is 0 Å². The van der Waals surface area contributed by atoms with Gasteiger partial charge in [0.15, 0.2) is 23.1 Å². The van der Waals surface area contributed by atoms with Crippen molar-refractivity contribution in [2.75, 3.05) is 12.1 Å². The highest BCUT2D eigenvalue weighted by atomic mass is 19.2. The predicted octanol–water partition coefficient (Wildman–Crippen LogP) is 3.44. The van der Waals surface area contributed by atoms with E-state index in [1.54, 1.807) is 18.2 Å². The van der Waals surface area contributed by atoms with E-state index in [4.69, 9.17) is 9.47 Å². The van der Waals surface area contributed by atoms with Crippen molar-refractivity contribution in [3.05, 3.63) is 53.3 Å². The molecule has 3 nitrogen and oxygen atoms in total. The molecule has 2 aromatic rings. The molecule has 1 aliphatic heterocycles. The third kappa shape index (κ3) is 2.24. The van der Waals surface area contributed by atoms with E-state index >= 15 is 0 Å². The van der Waals surface area contributed by atoms with Crippen LogP contribution in [0.4, 0.5) is 18.9 Å². The van der Waals surface area contributed by atoms with Crippen LogP contribution in [0.25, 0.3) is 0 Å². The van der Waals surface area contributed by atoms with E-state index in [1.165, 1.54) is 0 Å². The number of hydrogen-bond donors (Lipinski definition) is 1. The molecule has 0 unspecified atom stereocenters. The van der Waals surface area contributed by atoms with Gasteiger partial charge in [0, 0.05) is 24.2 Å². The fourth-order valence-corrected chi connectivity index (χ4v) is 2.00. The topological polar surface area (TPSA) is 30.5 Å². The second-order valence-corrected chi connectivity index (χ2v) is 4.25. The molecule has 0 saturated heterocycles. The molecule has 0 amide bonds. The van der Waals surface area contributed by atoms with Gasteiger partial charge in [0.05, 0.1) is 5.69 Å². The van der Waals surface area contributed by atoms with Gasteiger partial charge in [-0.05, 0) is 6.07 Å². The van der Waals surface area contributed by atoms with E-state index in [9.17, 15) is 13.2 Å². The smallest absolute Gasteiger partial charge is 0.231 e. The monoisotopic (exact) mass is 281 g/mol. The molecular formula is C14H10F3NO2. The number of fused-ring (bicyclic) bond motifs is 1. The summed E-state index contributed by atoms with van der Waals surface area (Å²) in [6.45, 7) is 0.279. The van der Waals surface area contributed by atoms with Crippen molar-refractivity contribution in [3.8, 4) is 11.5 Å². The molecule has 1 N–H and O–H groups in total. The third-order valence-corrected chi connectivity index (χ3v) is 2.94. The normalized spacial score (nSPS) is 12.6. The summed E-state index contributed by atoms with van der Waals surface area (Å²) in [5.41, 5.74) is 0.475. The first kappa shape index (κ1) is 12.7. The van der Waals surface area contributed by atoms with E-state index in [2.05, 4.69) is 5.32 Å². The third-order valence-electron chi connectivity index (χ3n) is 2.94. The van der Waals surface area contributed by atoms with Gasteiger partial charge in [0.1, 0.15) is 5.82 Å². The van der Waals surface area contributed by atoms with Crippen LogP contribution in [0.2, 0.25) is 0 Å². The van der Waals surface area contributed by atoms with Crippen LogP contribution < -0.4 is 14.8 Å². The van der Waals surface area contributed by atoms with Crippen LogP contribution in [-0.2, 0) is 6.54 Å². The molecule has 0 saturated carbocycles. The zero-order chi connectivity index (χ0) is 14.1. The predicted molar refractivity (Wildman–Crippen MR) is 66.2 cm³/mol. The van der Waals surface area contributed by atoms with Gasteiger partial charge in [-0.25, -0.2) is 13.2 Å². The van der Waals surface area contributed by atoms with Gasteiger partial charge in [-0.2, -0.15) is 0 Å². The van der Waals surface area contributed by atoms with E-state index in [0.717, 1.165) is 6.07 Å². The number of ether oxygens (including phenoxy) is 2. The Kier molecular flexibility index (Phi) is 3.14. The van der Waals surface area contributed by atoms with Gasteiger partial charge in [-0.3, -0.25) is 0 Å². The molecule has 6 heteroatoms. The van der Waals surface area contributed by atoms with Crippen molar-refractivity contribution >= 4 is 5.69 Å². The summed E-state index contributed by atoms with van der Waals surface area (Å²) in [4.78, 5) is 0. The van der Waals surface area contributed by atoms with Crippen LogP contribution in [0, 0.1) is 17.5 Å². The van der Waals surface area contributed by atoms with Crippen molar-refractivity contribution in [3.63, 3.8) is 0 Å². The minimum Gasteiger partial charge on any atom is -0.454 e. The Labute approximate surface area is 112 Å². The summed E-state index contributed by atoms with van der Waals surface area (Å²) in [5.74, 6) is -2.04. The van der Waals surface area contributed by atoms with Gasteiger partial charge in [-0.15, -0.1) is 0 Å². The van der Waals surface area contributed by atoms with Crippen LogP contribution in [0.1, 0.15) is 5.56 Å². The number of rotatable bonds is 3. The zero-order valence-corrected chi connectivity index (χ0v) is 10.3. The fraction of sp³-hybridized carbons (Fsp3) is 0.143. The van der Waals surface area contributed by atoms with Crippen LogP contribution in [0.3, 0.4) is 0 Å². The molecule has 0 radical (unpaired) electrons. The Morgan fingerprint density at radius 3 is 2.80 bits per heavy atom. The lowest BCUT2D eigenvalue weighted by atomic mass is 10.2. The number of halogens is 3. The number of para-hydroxylation sites is 1. The fourth-order valence-electron chi connectivity index (χ4n) is 2.00. The van der Waals surface area contributed by atoms with Crippen molar-refractivity contribution in [2.45, 2.75) is 6.54 Å². The van der Waals surface area contributed by atoms with Crippen LogP contribution in [-0.4, -0.2) is 6.79 Å². The lowest BCUT2D eigenvalue weighted by Crippen LogP contribution is -2.04. The quantitative estimate of drug-likeness (QED) is 0.874. The first-order valence-corrected chi connectivity index (χ1v) is 5.91. The molecule has 20 heavy (non-hydrogen) atoms. The van der Waals surface area contributed by atoms with Gasteiger partial charge >= 0.3 is 0 Å². The Morgan fingerprint density at radius 1 is 1.10 bits per heavy atom. The molecular weight excluding hydrogens is 271 g/mol. The number of hydrogen-bond acceptors (Lipinski definition) is 3. The zero-order valence-electron chi connectivity index (χ0n) is 10.3. The molecule has 2 aromatic carbocycles. The Balaban J connectivity index is 1.83. The van der Waals surface area contributed by atoms with E-state index in [0.29, 0.717) is 23.1 Å². The average molecular weight is 281 g/mol. The summed E-state index contributed by atoms with van der Waals surface area (Å²) in [6.07, 6.45) is 0. The molecule has 3 rings (SSSR count). The highest BCUT2D eigenvalue weighted by Gasteiger charge is 2.17. The number of benzene rings is 2. The van der Waals surface area contributed by atoms with Gasteiger partial charge in [0.2, 0.25) is 6.79 Å². The maximum absolute atomic E-state index is 13.5. The molecule has 0 fully saturated rings. The summed E-state index contributed by atoms with van der Waals surface area (Å²) < 4.78 is 50.1. The number of nitrogens with one attached hydrogen (secondary N) is 1. The van der Waals surface area contributed by atoms with Crippen LogP contribution in [0.15, 0.2) is 30.3 Å². The average Bonchev–Trinajstić information content (AvgIpc) is 2.90. The van der Waals surface area contributed by atoms with Crippen LogP contribution in [0.5, 0.6) is 11.5 Å². The number of anilines is 1. The van der Waals surface area contributed by atoms with Gasteiger partial charge in [-0.1, -0.05) is 12.1 Å². The van der Waals surface area contributed by atoms with E-state index in [1.807, 2.05) is 0 Å². The summed E-state index contributed by atoms with van der Waals surface area (Å²) in [5, 5.41) is 2.65. The minimum absolute atomic E-state index is 0.120. The summed E-state index contributed by atoms with van der Waals surface area (Å²) >= 11 is 0. The molecule has 1 heterocycles. The largest absolute Gasteiger partial charge is 0.454 e. The second-order valence-electron chi connectivity index (χ2n) is 4.25. The molecule has 0 bridgehead atoms. The SMILES string of the molecule is Fc1cc(F)c(F)c(NCc2cccc3c2OCO3)c1. The molecule has 0 spiro atoms. The lowest BCUT2D eigenvalue weighted by molar-refractivity contribution is 0.173.